The summed E-state index contributed by atoms with van der Waals surface area (Å²) in [6.45, 7) is 0. The van der Waals surface area contributed by atoms with Gasteiger partial charge in [-0.1, -0.05) is 30.3 Å². The van der Waals surface area contributed by atoms with Crippen molar-refractivity contribution in [2.24, 2.45) is 5.73 Å². The number of anilines is 3. The number of hydrogen-bond donors (Lipinski definition) is 3. The van der Waals surface area contributed by atoms with Gasteiger partial charge >= 0.3 is 6.03 Å². The molecule has 0 unspecified atom stereocenters. The number of thiophene rings is 1. The highest BCUT2D eigenvalue weighted by molar-refractivity contribution is 7.21. The molecule has 1 saturated carbocycles. The number of carbonyl (C=O) groups is 2. The van der Waals surface area contributed by atoms with Gasteiger partial charge in [0.05, 0.1) is 28.1 Å². The number of carbonyl (C=O) groups excluding carboxylic acids is 2. The Bertz CT molecular complexity index is 1420. The van der Waals surface area contributed by atoms with Gasteiger partial charge in [-0.2, -0.15) is 0 Å². The highest BCUT2D eigenvalue weighted by Gasteiger charge is 2.34. The summed E-state index contributed by atoms with van der Waals surface area (Å²) in [5.74, 6) is -0.227. The van der Waals surface area contributed by atoms with E-state index in [0.29, 0.717) is 26.8 Å². The van der Waals surface area contributed by atoms with Crippen LogP contribution in [0.3, 0.4) is 0 Å². The van der Waals surface area contributed by atoms with Gasteiger partial charge in [0.25, 0.3) is 5.91 Å². The topological polar surface area (TPSA) is 113 Å². The molecular formula is C25H22N6O2S. The molecule has 4 heterocycles. The monoisotopic (exact) mass is 470 g/mol. The van der Waals surface area contributed by atoms with Crippen LogP contribution in [0.15, 0.2) is 60.9 Å². The third kappa shape index (κ3) is 3.41. The fraction of sp³-hybridized carbons (Fsp3) is 0.200. The van der Waals surface area contributed by atoms with Gasteiger partial charge in [-0.25, -0.2) is 9.78 Å². The van der Waals surface area contributed by atoms with Crippen molar-refractivity contribution in [3.8, 4) is 11.3 Å². The van der Waals surface area contributed by atoms with Gasteiger partial charge in [0.1, 0.15) is 9.71 Å². The van der Waals surface area contributed by atoms with Crippen molar-refractivity contribution in [1.29, 1.82) is 0 Å². The molecule has 0 spiro atoms. The molecule has 34 heavy (non-hydrogen) atoms. The first-order chi connectivity index (χ1) is 16.6. The first-order valence-electron chi connectivity index (χ1n) is 11.2. The minimum Gasteiger partial charge on any atom is -0.347 e. The van der Waals surface area contributed by atoms with Crippen LogP contribution in [0.5, 0.6) is 0 Å². The summed E-state index contributed by atoms with van der Waals surface area (Å²) in [7, 11) is 0. The van der Waals surface area contributed by atoms with E-state index in [1.807, 2.05) is 36.4 Å². The fourth-order valence-corrected chi connectivity index (χ4v) is 5.75. The van der Waals surface area contributed by atoms with E-state index in [1.165, 1.54) is 11.3 Å². The second-order valence-electron chi connectivity index (χ2n) is 8.52. The largest absolute Gasteiger partial charge is 0.347 e. The second-order valence-corrected chi connectivity index (χ2v) is 9.52. The van der Waals surface area contributed by atoms with Crippen molar-refractivity contribution >= 4 is 50.6 Å². The van der Waals surface area contributed by atoms with Crippen LogP contribution >= 0.6 is 11.3 Å². The van der Waals surface area contributed by atoms with E-state index in [0.717, 1.165) is 35.9 Å². The molecule has 2 atom stereocenters. The zero-order chi connectivity index (χ0) is 23.2. The third-order valence-corrected chi connectivity index (χ3v) is 7.51. The normalized spacial score (nSPS) is 19.3. The minimum atomic E-state index is -0.338. The van der Waals surface area contributed by atoms with Crippen LogP contribution in [-0.4, -0.2) is 34.0 Å². The van der Waals surface area contributed by atoms with Gasteiger partial charge in [0, 0.05) is 30.0 Å². The molecule has 6 rings (SSSR count). The predicted molar refractivity (Wildman–Crippen MR) is 134 cm³/mol. The first-order valence-corrected chi connectivity index (χ1v) is 12.0. The Morgan fingerprint density at radius 1 is 1.12 bits per heavy atom. The predicted octanol–water partition coefficient (Wildman–Crippen LogP) is 4.65. The van der Waals surface area contributed by atoms with E-state index in [-0.39, 0.29) is 24.0 Å². The van der Waals surface area contributed by atoms with E-state index in [4.69, 9.17) is 5.73 Å². The van der Waals surface area contributed by atoms with Crippen LogP contribution in [0.2, 0.25) is 0 Å². The molecule has 0 bridgehead atoms. The van der Waals surface area contributed by atoms with Gasteiger partial charge in [-0.05, 0) is 37.5 Å². The Morgan fingerprint density at radius 2 is 1.94 bits per heavy atom. The first kappa shape index (κ1) is 20.8. The molecule has 1 aliphatic heterocycles. The van der Waals surface area contributed by atoms with Crippen LogP contribution in [0, 0.1) is 0 Å². The lowest BCUT2D eigenvalue weighted by atomic mass is 10.1. The lowest BCUT2D eigenvalue weighted by Crippen LogP contribution is -2.44. The standard InChI is InChI=1S/C25H22N6O2S/c26-16-7-4-8-17(16)29-23(32)22-21-20-19(10-12-28-24(20)34-22)31(25(33)30-21)15-9-11-27-18(13-15)14-5-2-1-3-6-14/h1-3,5-6,9-13,16-17H,4,7-8,26H2,(H,29,32)(H,30,33)/t16-,17-/m1/s1. The molecule has 4 N–H and O–H groups in total. The Hall–Kier alpha value is -3.82. The molecule has 1 aromatic carbocycles. The smallest absolute Gasteiger partial charge is 0.331 e. The molecule has 1 aliphatic carbocycles. The number of pyridine rings is 2. The number of nitrogens with two attached hydrogens (primary N) is 1. The van der Waals surface area contributed by atoms with Crippen LogP contribution in [0.4, 0.5) is 21.9 Å². The van der Waals surface area contributed by atoms with Crippen molar-refractivity contribution in [3.05, 3.63) is 65.8 Å². The average molecular weight is 471 g/mol. The van der Waals surface area contributed by atoms with Gasteiger partial charge < -0.3 is 16.4 Å². The van der Waals surface area contributed by atoms with Crippen molar-refractivity contribution in [3.63, 3.8) is 0 Å². The fourth-order valence-electron chi connectivity index (χ4n) is 4.73. The van der Waals surface area contributed by atoms with Crippen LogP contribution in [0.1, 0.15) is 28.9 Å². The van der Waals surface area contributed by atoms with Crippen LogP contribution < -0.4 is 21.3 Å². The third-order valence-electron chi connectivity index (χ3n) is 6.41. The number of aromatic nitrogens is 2. The number of benzene rings is 1. The maximum absolute atomic E-state index is 13.3. The van der Waals surface area contributed by atoms with Crippen molar-refractivity contribution < 1.29 is 9.59 Å². The molecule has 4 aromatic rings. The van der Waals surface area contributed by atoms with Gasteiger partial charge in [0.15, 0.2) is 0 Å². The van der Waals surface area contributed by atoms with Gasteiger partial charge in [-0.15, -0.1) is 11.3 Å². The van der Waals surface area contributed by atoms with Crippen molar-refractivity contribution in [1.82, 2.24) is 15.3 Å². The maximum Gasteiger partial charge on any atom is 0.331 e. The molecular weight excluding hydrogens is 448 g/mol. The maximum atomic E-state index is 13.3. The Labute approximate surface area is 199 Å². The molecule has 1 fully saturated rings. The molecule has 3 amide bonds. The average Bonchev–Trinajstić information content (AvgIpc) is 3.44. The van der Waals surface area contributed by atoms with E-state index >= 15 is 0 Å². The summed E-state index contributed by atoms with van der Waals surface area (Å²) in [4.78, 5) is 38.2. The second kappa shape index (κ2) is 8.19. The zero-order valence-corrected chi connectivity index (χ0v) is 19.0. The number of rotatable bonds is 4. The number of urea groups is 1. The number of nitrogens with one attached hydrogen (secondary N) is 2. The van der Waals surface area contributed by atoms with Crippen molar-refractivity contribution in [2.45, 2.75) is 31.3 Å². The Kier molecular flexibility index (Phi) is 5.00. The SMILES string of the molecule is N[C@@H]1CCC[C@H]1NC(=O)c1sc2nccc3c2c1NC(=O)N3c1ccnc(-c2ccccc2)c1. The Balaban J connectivity index is 1.41. The van der Waals surface area contributed by atoms with E-state index in [9.17, 15) is 9.59 Å². The molecule has 8 nitrogen and oxygen atoms in total. The van der Waals surface area contributed by atoms with E-state index in [1.54, 1.807) is 29.4 Å². The molecule has 2 aliphatic rings. The number of hydrogen-bond acceptors (Lipinski definition) is 6. The zero-order valence-electron chi connectivity index (χ0n) is 18.2. The highest BCUT2D eigenvalue weighted by atomic mass is 32.1. The lowest BCUT2D eigenvalue weighted by Gasteiger charge is -2.28. The summed E-state index contributed by atoms with van der Waals surface area (Å²) in [6, 6.07) is 14.9. The number of nitrogens with zero attached hydrogens (tertiary/aromatic N) is 3. The van der Waals surface area contributed by atoms with E-state index < -0.39 is 0 Å². The summed E-state index contributed by atoms with van der Waals surface area (Å²) < 4.78 is 0. The lowest BCUT2D eigenvalue weighted by molar-refractivity contribution is 0.0939. The minimum absolute atomic E-state index is 0.0426. The van der Waals surface area contributed by atoms with Gasteiger partial charge in [-0.3, -0.25) is 14.7 Å². The van der Waals surface area contributed by atoms with E-state index in [2.05, 4.69) is 20.6 Å². The molecule has 0 saturated heterocycles. The quantitative estimate of drug-likeness (QED) is 0.402. The number of amides is 3. The molecule has 3 aromatic heterocycles. The van der Waals surface area contributed by atoms with Crippen LogP contribution in [-0.2, 0) is 0 Å². The molecule has 170 valence electrons. The summed E-state index contributed by atoms with van der Waals surface area (Å²) in [5.41, 5.74) is 9.73. The van der Waals surface area contributed by atoms with Crippen molar-refractivity contribution in [2.75, 3.05) is 10.2 Å². The molecule has 9 heteroatoms. The Morgan fingerprint density at radius 3 is 2.74 bits per heavy atom. The highest BCUT2D eigenvalue weighted by Crippen LogP contribution is 2.46. The van der Waals surface area contributed by atoms with Crippen LogP contribution in [0.25, 0.3) is 21.5 Å². The summed E-state index contributed by atoms with van der Waals surface area (Å²) >= 11 is 1.28. The summed E-state index contributed by atoms with van der Waals surface area (Å²) in [6.07, 6.45) is 6.12. The van der Waals surface area contributed by atoms with Gasteiger partial charge in [0.2, 0.25) is 0 Å². The summed E-state index contributed by atoms with van der Waals surface area (Å²) in [5, 5.41) is 6.75. The molecule has 0 radical (unpaired) electrons.